The van der Waals surface area contributed by atoms with Crippen molar-refractivity contribution in [1.82, 2.24) is 5.32 Å². The topological polar surface area (TPSA) is 49.4 Å². The number of carbonyl (C=O) groups excluding carboxylic acids is 2. The molecule has 3 rings (SSSR count). The normalized spacial score (nSPS) is 14.1. The summed E-state index contributed by atoms with van der Waals surface area (Å²) in [5, 5.41) is 2.83. The predicted molar refractivity (Wildman–Crippen MR) is 95.1 cm³/mol. The van der Waals surface area contributed by atoms with Crippen LogP contribution in [0.1, 0.15) is 47.8 Å². The number of hydrogen-bond donors (Lipinski definition) is 1. The predicted octanol–water partition coefficient (Wildman–Crippen LogP) is 3.62. The van der Waals surface area contributed by atoms with E-state index in [-0.39, 0.29) is 17.6 Å². The summed E-state index contributed by atoms with van der Waals surface area (Å²) < 4.78 is 13.8. The number of nitrogens with one attached hydrogen (secondary N) is 1. The molecule has 5 heteroatoms. The molecular formula is C20H21FN2O2. The Balaban J connectivity index is 1.76. The first-order valence-electron chi connectivity index (χ1n) is 8.49. The van der Waals surface area contributed by atoms with Crippen LogP contribution in [0, 0.1) is 5.82 Å². The Labute approximate surface area is 146 Å². The van der Waals surface area contributed by atoms with Gasteiger partial charge in [0.15, 0.2) is 0 Å². The number of fused-ring (bicyclic) bond motifs is 1. The van der Waals surface area contributed by atoms with Crippen molar-refractivity contribution in [2.45, 2.75) is 32.7 Å². The van der Waals surface area contributed by atoms with Crippen LogP contribution in [0.2, 0.25) is 0 Å². The lowest BCUT2D eigenvalue weighted by molar-refractivity contribution is -0.118. The van der Waals surface area contributed by atoms with Crippen molar-refractivity contribution in [3.05, 3.63) is 65.0 Å². The minimum absolute atomic E-state index is 0.0872. The molecule has 0 aromatic heterocycles. The number of hydrogen-bond acceptors (Lipinski definition) is 2. The summed E-state index contributed by atoms with van der Waals surface area (Å²) in [6.45, 7) is 4.25. The van der Waals surface area contributed by atoms with Crippen molar-refractivity contribution >= 4 is 17.5 Å². The summed E-state index contributed by atoms with van der Waals surface area (Å²) in [4.78, 5) is 26.2. The van der Waals surface area contributed by atoms with Gasteiger partial charge in [-0.3, -0.25) is 9.59 Å². The van der Waals surface area contributed by atoms with Gasteiger partial charge in [0.05, 0.1) is 6.04 Å². The summed E-state index contributed by atoms with van der Waals surface area (Å²) in [5.74, 6) is -0.499. The molecule has 25 heavy (non-hydrogen) atoms. The average molecular weight is 340 g/mol. The smallest absolute Gasteiger partial charge is 0.251 e. The number of benzene rings is 2. The van der Waals surface area contributed by atoms with Crippen LogP contribution in [0.3, 0.4) is 0 Å². The van der Waals surface area contributed by atoms with Crippen molar-refractivity contribution in [1.29, 1.82) is 0 Å². The van der Waals surface area contributed by atoms with E-state index in [1.807, 2.05) is 19.1 Å². The van der Waals surface area contributed by atoms with Gasteiger partial charge in [0.25, 0.3) is 5.91 Å². The summed E-state index contributed by atoms with van der Waals surface area (Å²) in [6.07, 6.45) is 1.20. The lowest BCUT2D eigenvalue weighted by Gasteiger charge is -2.17. The zero-order valence-electron chi connectivity index (χ0n) is 14.4. The lowest BCUT2D eigenvalue weighted by atomic mass is 10.1. The van der Waals surface area contributed by atoms with E-state index < -0.39 is 6.04 Å². The first-order valence-corrected chi connectivity index (χ1v) is 8.49. The van der Waals surface area contributed by atoms with Crippen LogP contribution in [-0.2, 0) is 11.2 Å². The molecule has 1 heterocycles. The lowest BCUT2D eigenvalue weighted by Crippen LogP contribution is -2.28. The third-order valence-electron chi connectivity index (χ3n) is 4.56. The van der Waals surface area contributed by atoms with Crippen molar-refractivity contribution in [3.63, 3.8) is 0 Å². The molecule has 0 fully saturated rings. The number of rotatable bonds is 4. The maximum Gasteiger partial charge on any atom is 0.251 e. The molecule has 0 saturated heterocycles. The van der Waals surface area contributed by atoms with Crippen LogP contribution >= 0.6 is 0 Å². The number of carbonyl (C=O) groups is 2. The molecular weight excluding hydrogens is 319 g/mol. The fourth-order valence-electron chi connectivity index (χ4n) is 3.18. The monoisotopic (exact) mass is 340 g/mol. The Hall–Kier alpha value is -2.69. The zero-order chi connectivity index (χ0) is 18.0. The largest absolute Gasteiger partial charge is 0.345 e. The van der Waals surface area contributed by atoms with Crippen LogP contribution in [0.5, 0.6) is 0 Å². The molecule has 0 bridgehead atoms. The maximum absolute atomic E-state index is 13.8. The molecule has 1 aliphatic heterocycles. The quantitative estimate of drug-likeness (QED) is 0.924. The molecule has 1 atom stereocenters. The number of halogens is 1. The van der Waals surface area contributed by atoms with Gasteiger partial charge in [0.1, 0.15) is 5.82 Å². The molecule has 4 nitrogen and oxygen atoms in total. The standard InChI is InChI=1S/C20H21FN2O2/c1-3-19(24)23-11-10-14-12-15(8-9-18(14)23)20(25)22-13(2)16-6-4-5-7-17(16)21/h4-9,12-13H,3,10-11H2,1-2H3,(H,22,25)/t13-/m1/s1. The van der Waals surface area contributed by atoms with Crippen molar-refractivity contribution < 1.29 is 14.0 Å². The van der Waals surface area contributed by atoms with Crippen molar-refractivity contribution in [2.24, 2.45) is 0 Å². The van der Waals surface area contributed by atoms with E-state index in [0.717, 1.165) is 17.7 Å². The van der Waals surface area contributed by atoms with Gasteiger partial charge in [-0.15, -0.1) is 0 Å². The highest BCUT2D eigenvalue weighted by Gasteiger charge is 2.24. The highest BCUT2D eigenvalue weighted by atomic mass is 19.1. The first kappa shape index (κ1) is 17.1. The van der Waals surface area contributed by atoms with Crippen molar-refractivity contribution in [2.75, 3.05) is 11.4 Å². The second kappa shape index (κ2) is 7.05. The average Bonchev–Trinajstić information content (AvgIpc) is 3.04. The number of amides is 2. The van der Waals surface area contributed by atoms with E-state index in [9.17, 15) is 14.0 Å². The van der Waals surface area contributed by atoms with E-state index in [4.69, 9.17) is 0 Å². The van der Waals surface area contributed by atoms with E-state index >= 15 is 0 Å². The SMILES string of the molecule is CCC(=O)N1CCc2cc(C(=O)N[C@H](C)c3ccccc3F)ccc21. The van der Waals surface area contributed by atoms with E-state index in [1.165, 1.54) is 6.07 Å². The van der Waals surface area contributed by atoms with Gasteiger partial charge in [-0.25, -0.2) is 4.39 Å². The van der Waals surface area contributed by atoms with Crippen LogP contribution in [-0.4, -0.2) is 18.4 Å². The van der Waals surface area contributed by atoms with E-state index in [1.54, 1.807) is 36.1 Å². The minimum Gasteiger partial charge on any atom is -0.345 e. The zero-order valence-corrected chi connectivity index (χ0v) is 14.4. The van der Waals surface area contributed by atoms with E-state index in [0.29, 0.717) is 24.1 Å². The molecule has 0 spiro atoms. The summed E-state index contributed by atoms with van der Waals surface area (Å²) in [7, 11) is 0. The highest BCUT2D eigenvalue weighted by molar-refractivity contribution is 5.98. The van der Waals surface area contributed by atoms with E-state index in [2.05, 4.69) is 5.32 Å². The Bertz CT molecular complexity index is 819. The van der Waals surface area contributed by atoms with Crippen LogP contribution in [0.4, 0.5) is 10.1 Å². The molecule has 0 unspecified atom stereocenters. The Kier molecular flexibility index (Phi) is 4.83. The number of nitrogens with zero attached hydrogens (tertiary/aromatic N) is 1. The summed E-state index contributed by atoms with van der Waals surface area (Å²) >= 11 is 0. The molecule has 1 N–H and O–H groups in total. The van der Waals surface area contributed by atoms with Gasteiger partial charge >= 0.3 is 0 Å². The van der Waals surface area contributed by atoms with Gasteiger partial charge in [-0.1, -0.05) is 25.1 Å². The fourth-order valence-corrected chi connectivity index (χ4v) is 3.18. The molecule has 2 amide bonds. The van der Waals surface area contributed by atoms with Crippen LogP contribution in [0.15, 0.2) is 42.5 Å². The molecule has 0 saturated carbocycles. The van der Waals surface area contributed by atoms with Gasteiger partial charge < -0.3 is 10.2 Å². The van der Waals surface area contributed by atoms with Crippen molar-refractivity contribution in [3.8, 4) is 0 Å². The molecule has 130 valence electrons. The maximum atomic E-state index is 13.8. The minimum atomic E-state index is -0.430. The third kappa shape index (κ3) is 3.40. The molecule has 2 aromatic rings. The Morgan fingerprint density at radius 1 is 1.24 bits per heavy atom. The van der Waals surface area contributed by atoms with Gasteiger partial charge in [0, 0.05) is 29.8 Å². The fraction of sp³-hybridized carbons (Fsp3) is 0.300. The van der Waals surface area contributed by atoms with Crippen LogP contribution < -0.4 is 10.2 Å². The second-order valence-corrected chi connectivity index (χ2v) is 6.21. The number of anilines is 1. The Morgan fingerprint density at radius 2 is 2.00 bits per heavy atom. The van der Waals surface area contributed by atoms with Crippen LogP contribution in [0.25, 0.3) is 0 Å². The highest BCUT2D eigenvalue weighted by Crippen LogP contribution is 2.29. The van der Waals surface area contributed by atoms with Gasteiger partial charge in [-0.05, 0) is 43.2 Å². The third-order valence-corrected chi connectivity index (χ3v) is 4.56. The molecule has 1 aliphatic rings. The van der Waals surface area contributed by atoms with Gasteiger partial charge in [-0.2, -0.15) is 0 Å². The summed E-state index contributed by atoms with van der Waals surface area (Å²) in [5.41, 5.74) is 2.85. The first-order chi connectivity index (χ1) is 12.0. The molecule has 2 aromatic carbocycles. The second-order valence-electron chi connectivity index (χ2n) is 6.21. The molecule has 0 aliphatic carbocycles. The van der Waals surface area contributed by atoms with Gasteiger partial charge in [0.2, 0.25) is 5.91 Å². The molecule has 0 radical (unpaired) electrons. The summed E-state index contributed by atoms with van der Waals surface area (Å²) in [6, 6.07) is 11.3. The Morgan fingerprint density at radius 3 is 2.72 bits per heavy atom.